The van der Waals surface area contributed by atoms with Crippen molar-refractivity contribution in [1.82, 2.24) is 4.98 Å². The number of thiazole rings is 1. The minimum atomic E-state index is 0.0444. The summed E-state index contributed by atoms with van der Waals surface area (Å²) in [6.45, 7) is 4.28. The van der Waals surface area contributed by atoms with E-state index in [1.165, 1.54) is 5.56 Å². The van der Waals surface area contributed by atoms with Gasteiger partial charge in [0.25, 0.3) is 0 Å². The number of nitrogens with zero attached hydrogens (tertiary/aromatic N) is 1. The fourth-order valence-electron chi connectivity index (χ4n) is 2.65. The molecule has 0 N–H and O–H groups in total. The summed E-state index contributed by atoms with van der Waals surface area (Å²) in [4.78, 5) is 17.8. The Morgan fingerprint density at radius 2 is 2.05 bits per heavy atom. The fraction of sp³-hybridized carbons (Fsp3) is 0.375. The van der Waals surface area contributed by atoms with Crippen molar-refractivity contribution in [2.75, 3.05) is 0 Å². The summed E-state index contributed by atoms with van der Waals surface area (Å²) in [5.41, 5.74) is 2.26. The number of rotatable bonds is 2. The van der Waals surface area contributed by atoms with Crippen LogP contribution in [-0.2, 0) is 12.8 Å². The molecule has 0 saturated heterocycles. The lowest BCUT2D eigenvalue weighted by molar-refractivity contribution is 0.0916. The quantitative estimate of drug-likeness (QED) is 0.789. The number of carbonyl (C=O) groups is 1. The predicted octanol–water partition coefficient (Wildman–Crippen LogP) is 4.65. The minimum Gasteiger partial charge on any atom is -0.293 e. The van der Waals surface area contributed by atoms with E-state index in [0.717, 1.165) is 32.9 Å². The highest BCUT2D eigenvalue weighted by Crippen LogP contribution is 2.37. The number of ketones is 1. The van der Waals surface area contributed by atoms with Crippen LogP contribution in [0.15, 0.2) is 28.7 Å². The molecule has 20 heavy (non-hydrogen) atoms. The zero-order valence-electron chi connectivity index (χ0n) is 11.6. The molecule has 2 aromatic rings. The Labute approximate surface area is 131 Å². The van der Waals surface area contributed by atoms with Gasteiger partial charge < -0.3 is 0 Å². The molecule has 0 spiro atoms. The van der Waals surface area contributed by atoms with Crippen molar-refractivity contribution in [2.24, 2.45) is 5.41 Å². The molecule has 0 unspecified atom stereocenters. The Morgan fingerprint density at radius 3 is 2.80 bits per heavy atom. The molecular formula is C16H16BrNOS. The van der Waals surface area contributed by atoms with Crippen molar-refractivity contribution < 1.29 is 4.79 Å². The summed E-state index contributed by atoms with van der Waals surface area (Å²) in [5, 5.41) is 1.04. The maximum absolute atomic E-state index is 12.2. The summed E-state index contributed by atoms with van der Waals surface area (Å²) >= 11 is 5.13. The molecule has 0 radical (unpaired) electrons. The van der Waals surface area contributed by atoms with Crippen molar-refractivity contribution in [1.29, 1.82) is 0 Å². The van der Waals surface area contributed by atoms with Crippen molar-refractivity contribution >= 4 is 33.0 Å². The van der Waals surface area contributed by atoms with Gasteiger partial charge in [0.05, 0.1) is 15.6 Å². The zero-order chi connectivity index (χ0) is 14.3. The van der Waals surface area contributed by atoms with Crippen LogP contribution >= 0.6 is 27.3 Å². The number of aromatic nitrogens is 1. The smallest absolute Gasteiger partial charge is 0.175 e. The van der Waals surface area contributed by atoms with E-state index in [1.54, 1.807) is 11.3 Å². The van der Waals surface area contributed by atoms with E-state index >= 15 is 0 Å². The molecular weight excluding hydrogens is 334 g/mol. The van der Waals surface area contributed by atoms with E-state index in [2.05, 4.69) is 35.8 Å². The SMILES string of the molecule is CC1(C)CC(=O)c2sc(Cc3ccccc3Br)nc2C1. The van der Waals surface area contributed by atoms with Crippen molar-refractivity contribution in [3.8, 4) is 0 Å². The Kier molecular flexibility index (Phi) is 3.55. The normalized spacial score (nSPS) is 17.1. The monoisotopic (exact) mass is 349 g/mol. The molecule has 2 nitrogen and oxygen atoms in total. The molecule has 0 fully saturated rings. The molecule has 0 aliphatic heterocycles. The van der Waals surface area contributed by atoms with E-state index in [1.807, 2.05) is 18.2 Å². The Balaban J connectivity index is 1.91. The minimum absolute atomic E-state index is 0.0444. The van der Waals surface area contributed by atoms with Crippen LogP contribution in [0.25, 0.3) is 0 Å². The lowest BCUT2D eigenvalue weighted by Gasteiger charge is -2.26. The summed E-state index contributed by atoms with van der Waals surface area (Å²) in [7, 11) is 0. The van der Waals surface area contributed by atoms with Gasteiger partial charge in [0.15, 0.2) is 5.78 Å². The largest absolute Gasteiger partial charge is 0.293 e. The number of Topliss-reactive ketones (excluding diaryl/α,β-unsaturated/α-hetero) is 1. The maximum atomic E-state index is 12.2. The standard InChI is InChI=1S/C16H16BrNOS/c1-16(2)8-12-15(13(19)9-16)20-14(18-12)7-10-5-3-4-6-11(10)17/h3-6H,7-9H2,1-2H3. The van der Waals surface area contributed by atoms with Gasteiger partial charge in [-0.2, -0.15) is 0 Å². The van der Waals surface area contributed by atoms with Gasteiger partial charge >= 0.3 is 0 Å². The molecule has 1 heterocycles. The average molecular weight is 350 g/mol. The lowest BCUT2D eigenvalue weighted by Crippen LogP contribution is -2.26. The number of halogens is 1. The van der Waals surface area contributed by atoms with Gasteiger partial charge in [-0.05, 0) is 23.5 Å². The third kappa shape index (κ3) is 2.72. The van der Waals surface area contributed by atoms with Crippen molar-refractivity contribution in [2.45, 2.75) is 33.1 Å². The lowest BCUT2D eigenvalue weighted by atomic mass is 9.78. The third-order valence-corrected chi connectivity index (χ3v) is 5.49. The summed E-state index contributed by atoms with van der Waals surface area (Å²) in [5.74, 6) is 0.257. The van der Waals surface area contributed by atoms with E-state index in [0.29, 0.717) is 6.42 Å². The molecule has 1 aromatic heterocycles. The van der Waals surface area contributed by atoms with Crippen LogP contribution in [0.1, 0.15) is 46.2 Å². The van der Waals surface area contributed by atoms with Crippen LogP contribution in [-0.4, -0.2) is 10.8 Å². The van der Waals surface area contributed by atoms with E-state index in [-0.39, 0.29) is 11.2 Å². The Hall–Kier alpha value is -1.000. The van der Waals surface area contributed by atoms with Gasteiger partial charge in [-0.15, -0.1) is 11.3 Å². The molecule has 4 heteroatoms. The first-order valence-corrected chi connectivity index (χ1v) is 8.31. The third-order valence-electron chi connectivity index (χ3n) is 3.58. The highest BCUT2D eigenvalue weighted by molar-refractivity contribution is 9.10. The van der Waals surface area contributed by atoms with E-state index in [4.69, 9.17) is 4.98 Å². The highest BCUT2D eigenvalue weighted by Gasteiger charge is 2.33. The Bertz CT molecular complexity index is 675. The van der Waals surface area contributed by atoms with Gasteiger partial charge in [-0.1, -0.05) is 48.0 Å². The second kappa shape index (κ2) is 5.08. The van der Waals surface area contributed by atoms with Crippen LogP contribution in [0.3, 0.4) is 0 Å². The molecule has 1 aliphatic carbocycles. The highest BCUT2D eigenvalue weighted by atomic mass is 79.9. The van der Waals surface area contributed by atoms with Gasteiger partial charge in [0.1, 0.15) is 0 Å². The van der Waals surface area contributed by atoms with E-state index in [9.17, 15) is 4.79 Å². The summed E-state index contributed by atoms with van der Waals surface area (Å²) < 4.78 is 1.10. The topological polar surface area (TPSA) is 30.0 Å². The van der Waals surface area contributed by atoms with Crippen LogP contribution in [0.4, 0.5) is 0 Å². The van der Waals surface area contributed by atoms with Crippen LogP contribution in [0.5, 0.6) is 0 Å². The van der Waals surface area contributed by atoms with Gasteiger partial charge in [0.2, 0.25) is 0 Å². The number of benzene rings is 1. The van der Waals surface area contributed by atoms with E-state index < -0.39 is 0 Å². The van der Waals surface area contributed by atoms with Gasteiger partial charge in [-0.25, -0.2) is 4.98 Å². The van der Waals surface area contributed by atoms with Crippen LogP contribution < -0.4 is 0 Å². The summed E-state index contributed by atoms with van der Waals surface area (Å²) in [6.07, 6.45) is 2.32. The van der Waals surface area contributed by atoms with Crippen molar-refractivity contribution in [3.05, 3.63) is 49.9 Å². The molecule has 0 amide bonds. The Morgan fingerprint density at radius 1 is 1.30 bits per heavy atom. The molecule has 3 rings (SSSR count). The number of hydrogen-bond donors (Lipinski definition) is 0. The first kappa shape index (κ1) is 14.0. The van der Waals surface area contributed by atoms with Gasteiger partial charge in [0, 0.05) is 17.3 Å². The molecule has 0 bridgehead atoms. The van der Waals surface area contributed by atoms with Crippen LogP contribution in [0, 0.1) is 5.41 Å². The predicted molar refractivity (Wildman–Crippen MR) is 85.5 cm³/mol. The second-order valence-electron chi connectivity index (χ2n) is 6.09. The number of hydrogen-bond acceptors (Lipinski definition) is 3. The van der Waals surface area contributed by atoms with Crippen LogP contribution in [0.2, 0.25) is 0 Å². The molecule has 104 valence electrons. The number of fused-ring (bicyclic) bond motifs is 1. The fourth-order valence-corrected chi connectivity index (χ4v) is 4.12. The number of carbonyl (C=O) groups excluding carboxylic acids is 1. The van der Waals surface area contributed by atoms with Crippen molar-refractivity contribution in [3.63, 3.8) is 0 Å². The zero-order valence-corrected chi connectivity index (χ0v) is 14.0. The average Bonchev–Trinajstić information content (AvgIpc) is 2.73. The maximum Gasteiger partial charge on any atom is 0.175 e. The molecule has 1 aliphatic rings. The summed E-state index contributed by atoms with van der Waals surface area (Å²) in [6, 6.07) is 8.17. The first-order chi connectivity index (χ1) is 9.44. The molecule has 0 atom stereocenters. The molecule has 1 aromatic carbocycles. The first-order valence-electron chi connectivity index (χ1n) is 6.70. The van der Waals surface area contributed by atoms with Gasteiger partial charge in [-0.3, -0.25) is 4.79 Å². The molecule has 0 saturated carbocycles. The second-order valence-corrected chi connectivity index (χ2v) is 8.03.